The van der Waals surface area contributed by atoms with E-state index < -0.39 is 18.9 Å². The van der Waals surface area contributed by atoms with Crippen LogP contribution in [0, 0.1) is 0 Å². The van der Waals surface area contributed by atoms with Crippen LogP contribution < -0.4 is 5.46 Å². The van der Waals surface area contributed by atoms with Gasteiger partial charge in [0.2, 0.25) is 0 Å². The maximum atomic E-state index is 12.1. The Morgan fingerprint density at radius 2 is 1.54 bits per heavy atom. The highest BCUT2D eigenvalue weighted by atomic mass is 19.4. The zero-order chi connectivity index (χ0) is 9.47. The summed E-state index contributed by atoms with van der Waals surface area (Å²) in [4.78, 5) is 8.88. The number of hydrogen-bond donors (Lipinski definition) is 0. The second-order valence-corrected chi connectivity index (χ2v) is 2.64. The molecule has 1 saturated heterocycles. The molecule has 6 heteroatoms. The molecular formula is C7H4BF3O2. The maximum Gasteiger partial charge on any atom is 0.550 e. The van der Waals surface area contributed by atoms with E-state index in [1.807, 2.05) is 0 Å². The maximum absolute atomic E-state index is 12.1. The molecule has 0 bridgehead atoms. The predicted octanol–water partition coefficient (Wildman–Crippen LogP) is 1.36. The van der Waals surface area contributed by atoms with Gasteiger partial charge in [0.15, 0.2) is 0 Å². The third-order valence-electron chi connectivity index (χ3n) is 1.70. The molecule has 1 aliphatic rings. The minimum Gasteiger partial charge on any atom is -0.267 e. The van der Waals surface area contributed by atoms with Crippen LogP contribution in [-0.2, 0) is 15.8 Å². The standard InChI is InChI=1S/C7H4BF3O2/c9-7(10,11)5-1-3-6(4-2-5)8-12-13-8/h1-4H. The molecule has 1 aliphatic heterocycles. The lowest BCUT2D eigenvalue weighted by atomic mass is 9.82. The van der Waals surface area contributed by atoms with Crippen LogP contribution in [0.4, 0.5) is 13.2 Å². The third-order valence-corrected chi connectivity index (χ3v) is 1.70. The number of halogens is 3. The smallest absolute Gasteiger partial charge is 0.267 e. The molecular weight excluding hydrogens is 184 g/mol. The fourth-order valence-electron chi connectivity index (χ4n) is 0.968. The van der Waals surface area contributed by atoms with E-state index >= 15 is 0 Å². The van der Waals surface area contributed by atoms with Crippen molar-refractivity contribution in [1.82, 2.24) is 0 Å². The molecule has 1 aromatic rings. The summed E-state index contributed by atoms with van der Waals surface area (Å²) in [6.07, 6.45) is -4.29. The van der Waals surface area contributed by atoms with Crippen molar-refractivity contribution in [1.29, 1.82) is 0 Å². The lowest BCUT2D eigenvalue weighted by Gasteiger charge is -2.05. The molecule has 2 nitrogen and oxygen atoms in total. The molecule has 0 unspecified atom stereocenters. The molecule has 1 aromatic carbocycles. The van der Waals surface area contributed by atoms with Gasteiger partial charge in [-0.1, -0.05) is 24.3 Å². The third kappa shape index (κ3) is 1.84. The van der Waals surface area contributed by atoms with Crippen molar-refractivity contribution < 1.29 is 22.8 Å². The second kappa shape index (κ2) is 2.75. The number of hydrogen-bond acceptors (Lipinski definition) is 2. The summed E-state index contributed by atoms with van der Waals surface area (Å²) in [6.45, 7) is 0. The molecule has 1 heterocycles. The fraction of sp³-hybridized carbons (Fsp3) is 0.143. The molecule has 13 heavy (non-hydrogen) atoms. The van der Waals surface area contributed by atoms with E-state index in [4.69, 9.17) is 0 Å². The van der Waals surface area contributed by atoms with Crippen LogP contribution in [0.25, 0.3) is 0 Å². The summed E-state index contributed by atoms with van der Waals surface area (Å²) in [6, 6.07) is 4.67. The van der Waals surface area contributed by atoms with Crippen molar-refractivity contribution in [3.05, 3.63) is 29.8 Å². The lowest BCUT2D eigenvalue weighted by molar-refractivity contribution is -0.137. The van der Waals surface area contributed by atoms with Crippen molar-refractivity contribution in [3.8, 4) is 0 Å². The highest BCUT2D eigenvalue weighted by Crippen LogP contribution is 2.28. The van der Waals surface area contributed by atoms with Crippen molar-refractivity contribution in [2.45, 2.75) is 6.18 Å². The van der Waals surface area contributed by atoms with Gasteiger partial charge in [0.05, 0.1) is 5.56 Å². The highest BCUT2D eigenvalue weighted by Gasteiger charge is 2.38. The number of rotatable bonds is 1. The van der Waals surface area contributed by atoms with Gasteiger partial charge in [0.25, 0.3) is 0 Å². The second-order valence-electron chi connectivity index (χ2n) is 2.64. The van der Waals surface area contributed by atoms with Crippen molar-refractivity contribution in [3.63, 3.8) is 0 Å². The Hall–Kier alpha value is -1.01. The molecule has 0 radical (unpaired) electrons. The van der Waals surface area contributed by atoms with Crippen LogP contribution in [0.2, 0.25) is 0 Å². The molecule has 68 valence electrons. The summed E-state index contributed by atoms with van der Waals surface area (Å²) in [7, 11) is -0.484. The first-order valence-electron chi connectivity index (χ1n) is 3.57. The molecule has 0 aliphatic carbocycles. The Balaban J connectivity index is 2.22. The largest absolute Gasteiger partial charge is 0.550 e. The number of alkyl halides is 3. The van der Waals surface area contributed by atoms with E-state index in [1.54, 1.807) is 0 Å². The van der Waals surface area contributed by atoms with Gasteiger partial charge in [-0.3, -0.25) is 9.61 Å². The Morgan fingerprint density at radius 3 is 1.92 bits per heavy atom. The van der Waals surface area contributed by atoms with Gasteiger partial charge in [0.1, 0.15) is 0 Å². The Kier molecular flexibility index (Phi) is 1.81. The van der Waals surface area contributed by atoms with Gasteiger partial charge in [-0.05, 0) is 5.46 Å². The summed E-state index contributed by atoms with van der Waals surface area (Å²) in [5, 5.41) is 0. The average molecular weight is 188 g/mol. The van der Waals surface area contributed by atoms with E-state index in [0.29, 0.717) is 5.46 Å². The molecule has 0 amide bonds. The van der Waals surface area contributed by atoms with E-state index in [2.05, 4.69) is 9.61 Å². The van der Waals surface area contributed by atoms with Gasteiger partial charge in [0, 0.05) is 0 Å². The average Bonchev–Trinajstić information content (AvgIpc) is 2.85. The molecule has 0 saturated carbocycles. The van der Waals surface area contributed by atoms with Crippen LogP contribution in [0.15, 0.2) is 24.3 Å². The van der Waals surface area contributed by atoms with E-state index in [0.717, 1.165) is 12.1 Å². The molecule has 0 aromatic heterocycles. The normalized spacial score (nSPS) is 16.1. The quantitative estimate of drug-likeness (QED) is 0.377. The van der Waals surface area contributed by atoms with Crippen molar-refractivity contribution >= 4 is 12.6 Å². The minimum absolute atomic E-state index is 0.484. The van der Waals surface area contributed by atoms with Crippen molar-refractivity contribution in [2.24, 2.45) is 0 Å². The first-order chi connectivity index (χ1) is 6.07. The summed E-state index contributed by atoms with van der Waals surface area (Å²) >= 11 is 0. The van der Waals surface area contributed by atoms with E-state index in [1.165, 1.54) is 12.1 Å². The van der Waals surface area contributed by atoms with Crippen LogP contribution in [0.1, 0.15) is 5.56 Å². The Morgan fingerprint density at radius 1 is 1.00 bits per heavy atom. The van der Waals surface area contributed by atoms with Crippen molar-refractivity contribution in [2.75, 3.05) is 0 Å². The monoisotopic (exact) mass is 188 g/mol. The first kappa shape index (κ1) is 8.59. The SMILES string of the molecule is FC(F)(F)c1ccc(B2OO2)cc1. The topological polar surface area (TPSA) is 25.1 Å². The van der Waals surface area contributed by atoms with Gasteiger partial charge in [-0.25, -0.2) is 0 Å². The van der Waals surface area contributed by atoms with Gasteiger partial charge in [-0.15, -0.1) is 0 Å². The minimum atomic E-state index is -4.29. The molecule has 2 rings (SSSR count). The fourth-order valence-corrected chi connectivity index (χ4v) is 0.968. The summed E-state index contributed by atoms with van der Waals surface area (Å²) in [5.74, 6) is 0. The lowest BCUT2D eigenvalue weighted by Crippen LogP contribution is -2.17. The Bertz CT molecular complexity index is 305. The van der Waals surface area contributed by atoms with Crippen LogP contribution in [0.5, 0.6) is 0 Å². The van der Waals surface area contributed by atoms with Crippen LogP contribution >= 0.6 is 0 Å². The predicted molar refractivity (Wildman–Crippen MR) is 39.0 cm³/mol. The van der Waals surface area contributed by atoms with Gasteiger partial charge in [-0.2, -0.15) is 13.2 Å². The highest BCUT2D eigenvalue weighted by molar-refractivity contribution is 6.65. The molecule has 0 spiro atoms. The molecule has 0 atom stereocenters. The van der Waals surface area contributed by atoms with Gasteiger partial charge >= 0.3 is 13.3 Å². The zero-order valence-corrected chi connectivity index (χ0v) is 6.34. The van der Waals surface area contributed by atoms with E-state index in [9.17, 15) is 13.2 Å². The molecule has 1 fully saturated rings. The van der Waals surface area contributed by atoms with Crippen LogP contribution in [-0.4, -0.2) is 7.12 Å². The summed E-state index contributed by atoms with van der Waals surface area (Å²) < 4.78 is 36.2. The first-order valence-corrected chi connectivity index (χ1v) is 3.57. The number of benzene rings is 1. The van der Waals surface area contributed by atoms with Gasteiger partial charge < -0.3 is 0 Å². The molecule has 0 N–H and O–H groups in total. The zero-order valence-electron chi connectivity index (χ0n) is 6.34. The van der Waals surface area contributed by atoms with Crippen LogP contribution in [0.3, 0.4) is 0 Å². The van der Waals surface area contributed by atoms with E-state index in [-0.39, 0.29) is 0 Å². The Labute approximate surface area is 72.3 Å². The summed E-state index contributed by atoms with van der Waals surface area (Å²) in [5.41, 5.74) is -0.0788.